The van der Waals surface area contributed by atoms with Crippen LogP contribution in [-0.2, 0) is 21.4 Å². The van der Waals surface area contributed by atoms with Crippen molar-refractivity contribution < 1.29 is 27.6 Å². The number of sulfonamides is 1. The number of nitrogens with one attached hydrogen (secondary N) is 2. The lowest BCUT2D eigenvalue weighted by atomic mass is 10.1. The highest BCUT2D eigenvalue weighted by Crippen LogP contribution is 2.23. The number of likely N-dealkylation sites (N-methyl/N-ethyl adjacent to an activating group) is 1. The van der Waals surface area contributed by atoms with E-state index in [1.165, 1.54) is 12.1 Å². The van der Waals surface area contributed by atoms with Gasteiger partial charge in [0.15, 0.2) is 6.54 Å². The van der Waals surface area contributed by atoms with Crippen LogP contribution in [0.5, 0.6) is 11.5 Å². The molecule has 2 rings (SSSR count). The number of primary sulfonamides is 1. The van der Waals surface area contributed by atoms with Crippen molar-refractivity contribution in [2.45, 2.75) is 24.4 Å². The van der Waals surface area contributed by atoms with E-state index in [1.54, 1.807) is 26.4 Å². The Labute approximate surface area is 171 Å². The Bertz CT molecular complexity index is 945. The quantitative estimate of drug-likeness (QED) is 0.536. The lowest BCUT2D eigenvalue weighted by Gasteiger charge is -2.19. The van der Waals surface area contributed by atoms with Gasteiger partial charge in [-0.15, -0.1) is 0 Å². The van der Waals surface area contributed by atoms with Crippen molar-refractivity contribution in [1.29, 1.82) is 0 Å². The summed E-state index contributed by atoms with van der Waals surface area (Å²) in [6, 6.07) is 11.5. The van der Waals surface area contributed by atoms with Crippen LogP contribution >= 0.6 is 0 Å². The van der Waals surface area contributed by atoms with E-state index in [-0.39, 0.29) is 23.4 Å². The van der Waals surface area contributed by atoms with E-state index in [0.29, 0.717) is 18.0 Å². The second-order valence-electron chi connectivity index (χ2n) is 6.89. The molecule has 2 aromatic carbocycles. The maximum atomic E-state index is 12.4. The zero-order chi connectivity index (χ0) is 21.6. The predicted octanol–water partition coefficient (Wildman–Crippen LogP) is 0.243. The Morgan fingerprint density at radius 2 is 1.79 bits per heavy atom. The minimum absolute atomic E-state index is 0.0393. The molecule has 0 heterocycles. The molecule has 0 saturated heterocycles. The number of ether oxygens (including phenoxy) is 2. The largest absolute Gasteiger partial charge is 0.497 e. The van der Waals surface area contributed by atoms with Gasteiger partial charge in [-0.2, -0.15) is 0 Å². The van der Waals surface area contributed by atoms with E-state index in [4.69, 9.17) is 14.6 Å². The molecule has 4 N–H and O–H groups in total. The number of methoxy groups -OCH3 is 2. The average molecular weight is 423 g/mol. The minimum atomic E-state index is -3.73. The predicted molar refractivity (Wildman–Crippen MR) is 109 cm³/mol. The molecule has 0 aromatic heterocycles. The fourth-order valence-corrected chi connectivity index (χ4v) is 3.50. The minimum Gasteiger partial charge on any atom is -0.497 e. The third kappa shape index (κ3) is 6.45. The van der Waals surface area contributed by atoms with Gasteiger partial charge in [0.2, 0.25) is 10.0 Å². The lowest BCUT2D eigenvalue weighted by molar-refractivity contribution is -0.885. The number of hydrogen-bond acceptors (Lipinski definition) is 5. The van der Waals surface area contributed by atoms with Gasteiger partial charge in [0.25, 0.3) is 5.91 Å². The third-order valence-corrected chi connectivity index (χ3v) is 5.46. The number of benzene rings is 2. The molecule has 0 radical (unpaired) electrons. The molecule has 1 unspecified atom stereocenters. The maximum Gasteiger partial charge on any atom is 0.275 e. The monoisotopic (exact) mass is 422 g/mol. The highest BCUT2D eigenvalue weighted by atomic mass is 32.2. The van der Waals surface area contributed by atoms with Gasteiger partial charge in [0.05, 0.1) is 32.2 Å². The van der Waals surface area contributed by atoms with Crippen molar-refractivity contribution in [1.82, 2.24) is 5.32 Å². The number of quaternary nitrogens is 1. The smallest absolute Gasteiger partial charge is 0.275 e. The third-order valence-electron chi connectivity index (χ3n) is 4.53. The molecule has 1 amide bonds. The van der Waals surface area contributed by atoms with E-state index in [0.717, 1.165) is 16.0 Å². The van der Waals surface area contributed by atoms with Gasteiger partial charge in [-0.3, -0.25) is 4.79 Å². The standard InChI is InChI=1S/C20H27N3O5S/c1-14(15-6-9-18(10-7-15)29(21,25)26)22-20(24)13-23(2)12-16-5-8-17(27-3)11-19(16)28-4/h5-11,14H,12-13H2,1-4H3,(H,22,24)(H2,21,25,26)/p+1/t14-/m0/s1. The zero-order valence-electron chi connectivity index (χ0n) is 17.1. The maximum absolute atomic E-state index is 12.4. The molecule has 0 bridgehead atoms. The van der Waals surface area contributed by atoms with Crippen molar-refractivity contribution in [2.24, 2.45) is 5.14 Å². The molecular formula is C20H28N3O5S+. The number of rotatable bonds is 9. The highest BCUT2D eigenvalue weighted by Gasteiger charge is 2.17. The van der Waals surface area contributed by atoms with Crippen LogP contribution in [-0.4, -0.2) is 42.1 Å². The molecule has 9 heteroatoms. The lowest BCUT2D eigenvalue weighted by Crippen LogP contribution is -3.08. The molecule has 158 valence electrons. The Hall–Kier alpha value is -2.62. The first-order valence-corrected chi connectivity index (χ1v) is 10.6. The van der Waals surface area contributed by atoms with E-state index in [1.807, 2.05) is 32.2 Å². The van der Waals surface area contributed by atoms with Crippen molar-refractivity contribution in [3.8, 4) is 11.5 Å². The Kier molecular flexibility index (Phi) is 7.60. The SMILES string of the molecule is COc1ccc(C[NH+](C)CC(=O)N[C@@H](C)c2ccc(S(N)(=O)=O)cc2)c(OC)c1. The molecule has 0 saturated carbocycles. The summed E-state index contributed by atoms with van der Waals surface area (Å²) in [7, 11) is 1.39. The molecule has 0 aliphatic heterocycles. The van der Waals surface area contributed by atoms with E-state index in [9.17, 15) is 13.2 Å². The van der Waals surface area contributed by atoms with Crippen LogP contribution in [0.25, 0.3) is 0 Å². The first-order chi connectivity index (χ1) is 13.6. The van der Waals surface area contributed by atoms with Gasteiger partial charge < -0.3 is 19.7 Å². The van der Waals surface area contributed by atoms with Crippen molar-refractivity contribution in [2.75, 3.05) is 27.8 Å². The second kappa shape index (κ2) is 9.73. The summed E-state index contributed by atoms with van der Waals surface area (Å²) in [5.41, 5.74) is 1.77. The molecule has 0 spiro atoms. The summed E-state index contributed by atoms with van der Waals surface area (Å²) < 4.78 is 33.3. The van der Waals surface area contributed by atoms with E-state index < -0.39 is 10.0 Å². The van der Waals surface area contributed by atoms with Gasteiger partial charge in [-0.05, 0) is 36.8 Å². The highest BCUT2D eigenvalue weighted by molar-refractivity contribution is 7.89. The van der Waals surface area contributed by atoms with Crippen LogP contribution in [0.3, 0.4) is 0 Å². The van der Waals surface area contributed by atoms with Crippen LogP contribution in [0.4, 0.5) is 0 Å². The second-order valence-corrected chi connectivity index (χ2v) is 8.45. The van der Waals surface area contributed by atoms with Gasteiger partial charge in [0.1, 0.15) is 18.0 Å². The Morgan fingerprint density at radius 3 is 2.34 bits per heavy atom. The van der Waals surface area contributed by atoms with Gasteiger partial charge in [-0.1, -0.05) is 12.1 Å². The summed E-state index contributed by atoms with van der Waals surface area (Å²) in [6.07, 6.45) is 0. The Balaban J connectivity index is 1.94. The Morgan fingerprint density at radius 1 is 1.14 bits per heavy atom. The van der Waals surface area contributed by atoms with E-state index >= 15 is 0 Å². The molecular weight excluding hydrogens is 394 g/mol. The average Bonchev–Trinajstić information content (AvgIpc) is 2.67. The van der Waals surface area contributed by atoms with Crippen molar-refractivity contribution in [3.05, 3.63) is 53.6 Å². The first-order valence-electron chi connectivity index (χ1n) is 9.08. The topological polar surface area (TPSA) is 112 Å². The van der Waals surface area contributed by atoms with Crippen LogP contribution in [0, 0.1) is 0 Å². The van der Waals surface area contributed by atoms with Gasteiger partial charge >= 0.3 is 0 Å². The molecule has 0 fully saturated rings. The number of nitrogens with two attached hydrogens (primary N) is 1. The summed E-state index contributed by atoms with van der Waals surface area (Å²) in [5, 5.41) is 8.03. The number of amides is 1. The summed E-state index contributed by atoms with van der Waals surface area (Å²) in [5.74, 6) is 1.31. The zero-order valence-corrected chi connectivity index (χ0v) is 17.9. The van der Waals surface area contributed by atoms with E-state index in [2.05, 4.69) is 5.32 Å². The summed E-state index contributed by atoms with van der Waals surface area (Å²) >= 11 is 0. The van der Waals surface area contributed by atoms with Gasteiger partial charge in [0, 0.05) is 11.6 Å². The van der Waals surface area contributed by atoms with Crippen LogP contribution in [0.2, 0.25) is 0 Å². The van der Waals surface area contributed by atoms with Crippen LogP contribution < -0.4 is 24.8 Å². The van der Waals surface area contributed by atoms with Gasteiger partial charge in [-0.25, -0.2) is 13.6 Å². The fraction of sp³-hybridized carbons (Fsp3) is 0.350. The molecule has 2 atom stereocenters. The molecule has 0 aliphatic carbocycles. The fourth-order valence-electron chi connectivity index (χ4n) is 2.98. The summed E-state index contributed by atoms with van der Waals surface area (Å²) in [4.78, 5) is 13.4. The first kappa shape index (κ1) is 22.7. The normalized spacial score (nSPS) is 13.4. The molecule has 8 nitrogen and oxygen atoms in total. The van der Waals surface area contributed by atoms with Crippen molar-refractivity contribution in [3.63, 3.8) is 0 Å². The van der Waals surface area contributed by atoms with Crippen LogP contribution in [0.15, 0.2) is 47.4 Å². The molecule has 0 aliphatic rings. The summed E-state index contributed by atoms with van der Waals surface area (Å²) in [6.45, 7) is 2.72. The number of carbonyl (C=O) groups excluding carboxylic acids is 1. The molecule has 29 heavy (non-hydrogen) atoms. The van der Waals surface area contributed by atoms with Crippen LogP contribution in [0.1, 0.15) is 24.1 Å². The molecule has 2 aromatic rings. The number of carbonyl (C=O) groups is 1. The number of hydrogen-bond donors (Lipinski definition) is 3. The van der Waals surface area contributed by atoms with Crippen molar-refractivity contribution >= 4 is 15.9 Å².